The SMILES string of the molecule is CC(N)CCS(=O)(=O)CC(=O)NC1CCCCCC1. The third-order valence-electron chi connectivity index (χ3n) is 3.46. The van der Waals surface area contributed by atoms with Crippen molar-refractivity contribution in [1.82, 2.24) is 5.32 Å². The third-order valence-corrected chi connectivity index (χ3v) is 5.02. The molecule has 0 radical (unpaired) electrons. The maximum absolute atomic E-state index is 11.8. The largest absolute Gasteiger partial charge is 0.352 e. The molecule has 1 rings (SSSR count). The first kappa shape index (κ1) is 16.4. The summed E-state index contributed by atoms with van der Waals surface area (Å²) in [5.74, 6) is -0.782. The summed E-state index contributed by atoms with van der Waals surface area (Å²) in [6.07, 6.45) is 6.97. The fraction of sp³-hybridized carbons (Fsp3) is 0.923. The first-order chi connectivity index (χ1) is 8.89. The Morgan fingerprint density at radius 3 is 2.37 bits per heavy atom. The van der Waals surface area contributed by atoms with Crippen molar-refractivity contribution in [2.75, 3.05) is 11.5 Å². The second-order valence-corrected chi connectivity index (χ2v) is 7.80. The topological polar surface area (TPSA) is 89.3 Å². The van der Waals surface area contributed by atoms with Crippen LogP contribution in [0.2, 0.25) is 0 Å². The second kappa shape index (κ2) is 7.85. The Morgan fingerprint density at radius 1 is 1.26 bits per heavy atom. The Kier molecular flexibility index (Phi) is 6.79. The molecule has 0 heterocycles. The Bertz CT molecular complexity index is 371. The number of rotatable bonds is 6. The Labute approximate surface area is 116 Å². The van der Waals surface area contributed by atoms with E-state index in [4.69, 9.17) is 5.73 Å². The van der Waals surface area contributed by atoms with Gasteiger partial charge in [0.05, 0.1) is 5.75 Å². The van der Waals surface area contributed by atoms with Crippen LogP contribution in [0.15, 0.2) is 0 Å². The Morgan fingerprint density at radius 2 is 1.84 bits per heavy atom. The van der Waals surface area contributed by atoms with E-state index in [0.29, 0.717) is 6.42 Å². The summed E-state index contributed by atoms with van der Waals surface area (Å²) in [7, 11) is -3.33. The third kappa shape index (κ3) is 7.52. The number of sulfone groups is 1. The molecule has 3 N–H and O–H groups in total. The summed E-state index contributed by atoms with van der Waals surface area (Å²) in [4.78, 5) is 11.8. The van der Waals surface area contributed by atoms with Crippen LogP contribution in [0.4, 0.5) is 0 Å². The molecule has 1 aliphatic carbocycles. The van der Waals surface area contributed by atoms with E-state index in [1.165, 1.54) is 12.8 Å². The van der Waals surface area contributed by atoms with E-state index in [1.54, 1.807) is 6.92 Å². The number of hydrogen-bond donors (Lipinski definition) is 2. The van der Waals surface area contributed by atoms with Crippen molar-refractivity contribution >= 4 is 15.7 Å². The van der Waals surface area contributed by atoms with Crippen molar-refractivity contribution < 1.29 is 13.2 Å². The molecule has 1 amide bonds. The fourth-order valence-corrected chi connectivity index (χ4v) is 3.69. The van der Waals surface area contributed by atoms with Crippen LogP contribution < -0.4 is 11.1 Å². The molecule has 19 heavy (non-hydrogen) atoms. The molecule has 0 aliphatic heterocycles. The van der Waals surface area contributed by atoms with Gasteiger partial charge in [0.25, 0.3) is 0 Å². The van der Waals surface area contributed by atoms with E-state index in [1.807, 2.05) is 0 Å². The Hall–Kier alpha value is -0.620. The van der Waals surface area contributed by atoms with Gasteiger partial charge in [0.1, 0.15) is 5.75 Å². The summed E-state index contributed by atoms with van der Waals surface area (Å²) < 4.78 is 23.5. The molecule has 1 unspecified atom stereocenters. The van der Waals surface area contributed by atoms with Gasteiger partial charge in [0.15, 0.2) is 9.84 Å². The minimum atomic E-state index is -3.33. The number of hydrogen-bond acceptors (Lipinski definition) is 4. The zero-order valence-corrected chi connectivity index (χ0v) is 12.5. The molecule has 0 spiro atoms. The highest BCUT2D eigenvalue weighted by Gasteiger charge is 2.20. The van der Waals surface area contributed by atoms with Gasteiger partial charge in [-0.15, -0.1) is 0 Å². The maximum atomic E-state index is 11.8. The molecular weight excluding hydrogens is 264 g/mol. The summed E-state index contributed by atoms with van der Waals surface area (Å²) in [5, 5.41) is 2.85. The van der Waals surface area contributed by atoms with Gasteiger partial charge in [0, 0.05) is 12.1 Å². The first-order valence-electron chi connectivity index (χ1n) is 7.14. The predicted molar refractivity (Wildman–Crippen MR) is 76.6 cm³/mol. The summed E-state index contributed by atoms with van der Waals surface area (Å²) in [5.41, 5.74) is 5.53. The number of amides is 1. The summed E-state index contributed by atoms with van der Waals surface area (Å²) in [6.45, 7) is 1.76. The number of nitrogens with two attached hydrogens (primary N) is 1. The Balaban J connectivity index is 2.36. The lowest BCUT2D eigenvalue weighted by atomic mass is 10.1. The van der Waals surface area contributed by atoms with Gasteiger partial charge in [0.2, 0.25) is 5.91 Å². The standard InChI is InChI=1S/C13H26N2O3S/c1-11(14)8-9-19(17,18)10-13(16)15-12-6-4-2-3-5-7-12/h11-12H,2-10,14H2,1H3,(H,15,16). The first-order valence-corrected chi connectivity index (χ1v) is 8.96. The molecule has 0 saturated heterocycles. The average molecular weight is 290 g/mol. The van der Waals surface area contributed by atoms with Gasteiger partial charge < -0.3 is 11.1 Å². The monoisotopic (exact) mass is 290 g/mol. The van der Waals surface area contributed by atoms with E-state index in [0.717, 1.165) is 25.7 Å². The fourth-order valence-electron chi connectivity index (χ4n) is 2.33. The minimum Gasteiger partial charge on any atom is -0.352 e. The molecule has 5 nitrogen and oxygen atoms in total. The van der Waals surface area contributed by atoms with Gasteiger partial charge in [-0.05, 0) is 26.2 Å². The molecule has 112 valence electrons. The normalized spacial score (nSPS) is 19.7. The molecule has 1 atom stereocenters. The van der Waals surface area contributed by atoms with Crippen LogP contribution >= 0.6 is 0 Å². The van der Waals surface area contributed by atoms with Crippen molar-refractivity contribution in [1.29, 1.82) is 0 Å². The highest BCUT2D eigenvalue weighted by Crippen LogP contribution is 2.17. The molecule has 1 aliphatic rings. The zero-order chi connectivity index (χ0) is 14.3. The van der Waals surface area contributed by atoms with E-state index < -0.39 is 15.6 Å². The van der Waals surface area contributed by atoms with Gasteiger partial charge in [-0.2, -0.15) is 0 Å². The number of carbonyl (C=O) groups excluding carboxylic acids is 1. The molecule has 0 bridgehead atoms. The molecule has 0 aromatic heterocycles. The highest BCUT2D eigenvalue weighted by atomic mass is 32.2. The van der Waals surface area contributed by atoms with Crippen LogP contribution in [0, 0.1) is 0 Å². The molecule has 0 aromatic carbocycles. The average Bonchev–Trinajstić information content (AvgIpc) is 2.54. The lowest BCUT2D eigenvalue weighted by molar-refractivity contribution is -0.119. The number of nitrogens with one attached hydrogen (secondary N) is 1. The maximum Gasteiger partial charge on any atom is 0.235 e. The molecule has 6 heteroatoms. The van der Waals surface area contributed by atoms with Gasteiger partial charge in [-0.25, -0.2) is 8.42 Å². The molecule has 0 aromatic rings. The molecule has 1 saturated carbocycles. The molecule has 1 fully saturated rings. The summed E-state index contributed by atoms with van der Waals surface area (Å²) >= 11 is 0. The summed E-state index contributed by atoms with van der Waals surface area (Å²) in [6, 6.07) is -0.00155. The van der Waals surface area contributed by atoms with Crippen molar-refractivity contribution in [3.8, 4) is 0 Å². The van der Waals surface area contributed by atoms with E-state index >= 15 is 0 Å². The lowest BCUT2D eigenvalue weighted by Crippen LogP contribution is -2.39. The van der Waals surface area contributed by atoms with Crippen LogP contribution in [0.5, 0.6) is 0 Å². The van der Waals surface area contributed by atoms with E-state index in [2.05, 4.69) is 5.32 Å². The van der Waals surface area contributed by atoms with E-state index in [9.17, 15) is 13.2 Å². The van der Waals surface area contributed by atoms with Crippen molar-refractivity contribution in [2.45, 2.75) is 64.0 Å². The van der Waals surface area contributed by atoms with Crippen LogP contribution in [-0.4, -0.2) is 37.9 Å². The predicted octanol–water partition coefficient (Wildman–Crippen LogP) is 0.978. The smallest absolute Gasteiger partial charge is 0.235 e. The second-order valence-electron chi connectivity index (χ2n) is 5.61. The van der Waals surface area contributed by atoms with Crippen LogP contribution in [0.1, 0.15) is 51.9 Å². The quantitative estimate of drug-likeness (QED) is 0.714. The van der Waals surface area contributed by atoms with Gasteiger partial charge in [-0.3, -0.25) is 4.79 Å². The van der Waals surface area contributed by atoms with Gasteiger partial charge in [-0.1, -0.05) is 25.7 Å². The number of carbonyl (C=O) groups is 1. The minimum absolute atomic E-state index is 0.0112. The molecular formula is C13H26N2O3S. The van der Waals surface area contributed by atoms with Crippen LogP contribution in [-0.2, 0) is 14.6 Å². The van der Waals surface area contributed by atoms with Crippen molar-refractivity contribution in [3.63, 3.8) is 0 Å². The zero-order valence-electron chi connectivity index (χ0n) is 11.7. The van der Waals surface area contributed by atoms with Crippen LogP contribution in [0.25, 0.3) is 0 Å². The van der Waals surface area contributed by atoms with Crippen molar-refractivity contribution in [2.24, 2.45) is 5.73 Å². The highest BCUT2D eigenvalue weighted by molar-refractivity contribution is 7.92. The van der Waals surface area contributed by atoms with Crippen LogP contribution in [0.3, 0.4) is 0 Å². The van der Waals surface area contributed by atoms with E-state index in [-0.39, 0.29) is 23.7 Å². The lowest BCUT2D eigenvalue weighted by Gasteiger charge is -2.16. The van der Waals surface area contributed by atoms with Gasteiger partial charge >= 0.3 is 0 Å². The van der Waals surface area contributed by atoms with Crippen molar-refractivity contribution in [3.05, 3.63) is 0 Å².